The number of nitrogens with zero attached hydrogens (tertiary/aromatic N) is 1. The molecule has 0 aromatic heterocycles. The van der Waals surface area contributed by atoms with Crippen LogP contribution in [0.25, 0.3) is 0 Å². The number of hydrogen-bond donors (Lipinski definition) is 1. The van der Waals surface area contributed by atoms with Crippen LogP contribution in [-0.4, -0.2) is 31.8 Å². The number of para-hydroxylation sites is 2. The van der Waals surface area contributed by atoms with E-state index in [9.17, 15) is 14.0 Å². The van der Waals surface area contributed by atoms with Crippen LogP contribution in [0, 0.1) is 5.82 Å². The van der Waals surface area contributed by atoms with Gasteiger partial charge >= 0.3 is 5.97 Å². The van der Waals surface area contributed by atoms with Crippen molar-refractivity contribution in [3.8, 4) is 11.5 Å². The lowest BCUT2D eigenvalue weighted by Crippen LogP contribution is -2.24. The maximum absolute atomic E-state index is 13.5. The Morgan fingerprint density at radius 3 is 2.34 bits per heavy atom. The number of hydrazone groups is 1. The summed E-state index contributed by atoms with van der Waals surface area (Å²) in [5.41, 5.74) is 4.30. The standard InChI is InChI=1S/C24H21FN2O5/c1-30-24(29)18-12-10-17(11-13-18)15-31-21-8-4-2-6-19(21)14-26-27-23(28)16-32-22-9-5-3-7-20(22)25/h2-14H,15-16H2,1H3,(H,27,28)/b26-14+. The minimum Gasteiger partial charge on any atom is -0.488 e. The van der Waals surface area contributed by atoms with E-state index in [0.717, 1.165) is 5.56 Å². The fourth-order valence-corrected chi connectivity index (χ4v) is 2.65. The Morgan fingerprint density at radius 2 is 1.62 bits per heavy atom. The number of hydrogen-bond acceptors (Lipinski definition) is 6. The first-order valence-electron chi connectivity index (χ1n) is 9.65. The van der Waals surface area contributed by atoms with Gasteiger partial charge in [0.1, 0.15) is 12.4 Å². The van der Waals surface area contributed by atoms with Gasteiger partial charge in [0, 0.05) is 5.56 Å². The zero-order valence-corrected chi connectivity index (χ0v) is 17.3. The average Bonchev–Trinajstić information content (AvgIpc) is 2.82. The number of amides is 1. The number of methoxy groups -OCH3 is 1. The van der Waals surface area contributed by atoms with Gasteiger partial charge in [-0.15, -0.1) is 0 Å². The first-order valence-corrected chi connectivity index (χ1v) is 9.65. The minimum atomic E-state index is -0.546. The van der Waals surface area contributed by atoms with Gasteiger partial charge in [-0.25, -0.2) is 14.6 Å². The summed E-state index contributed by atoms with van der Waals surface area (Å²) in [5, 5.41) is 3.90. The predicted octanol–water partition coefficient (Wildman–Crippen LogP) is 3.72. The molecule has 0 radical (unpaired) electrons. The number of benzene rings is 3. The van der Waals surface area contributed by atoms with Gasteiger partial charge in [-0.2, -0.15) is 5.10 Å². The molecule has 8 heteroatoms. The van der Waals surface area contributed by atoms with Crippen molar-refractivity contribution in [1.82, 2.24) is 5.43 Å². The molecule has 0 atom stereocenters. The molecule has 32 heavy (non-hydrogen) atoms. The van der Waals surface area contributed by atoms with Gasteiger partial charge in [0.25, 0.3) is 5.91 Å². The molecular formula is C24H21FN2O5. The van der Waals surface area contributed by atoms with Crippen LogP contribution in [0.4, 0.5) is 4.39 Å². The summed E-state index contributed by atoms with van der Waals surface area (Å²) in [6.45, 7) is -0.104. The van der Waals surface area contributed by atoms with Gasteiger partial charge in [-0.1, -0.05) is 36.4 Å². The molecule has 0 aliphatic rings. The van der Waals surface area contributed by atoms with Gasteiger partial charge < -0.3 is 14.2 Å². The van der Waals surface area contributed by atoms with Crippen LogP contribution in [-0.2, 0) is 16.1 Å². The Morgan fingerprint density at radius 1 is 0.938 bits per heavy atom. The summed E-state index contributed by atoms with van der Waals surface area (Å²) in [6, 6.07) is 19.9. The summed E-state index contributed by atoms with van der Waals surface area (Å²) in [5.74, 6) is -0.932. The third-order valence-electron chi connectivity index (χ3n) is 4.28. The molecule has 0 aliphatic carbocycles. The maximum Gasteiger partial charge on any atom is 0.337 e. The quantitative estimate of drug-likeness (QED) is 0.314. The van der Waals surface area contributed by atoms with E-state index in [-0.39, 0.29) is 19.0 Å². The lowest BCUT2D eigenvalue weighted by Gasteiger charge is -2.09. The van der Waals surface area contributed by atoms with E-state index >= 15 is 0 Å². The van der Waals surface area contributed by atoms with Gasteiger partial charge in [0.2, 0.25) is 0 Å². The molecule has 0 heterocycles. The number of halogens is 1. The number of carbonyl (C=O) groups is 2. The fraction of sp³-hybridized carbons (Fsp3) is 0.125. The van der Waals surface area contributed by atoms with Crippen LogP contribution >= 0.6 is 0 Å². The Balaban J connectivity index is 1.53. The molecule has 7 nitrogen and oxygen atoms in total. The van der Waals surface area contributed by atoms with Crippen molar-refractivity contribution in [2.45, 2.75) is 6.61 Å². The van der Waals surface area contributed by atoms with Crippen LogP contribution in [0.5, 0.6) is 11.5 Å². The molecule has 3 aromatic rings. The van der Waals surface area contributed by atoms with Crippen molar-refractivity contribution >= 4 is 18.1 Å². The molecule has 1 N–H and O–H groups in total. The van der Waals surface area contributed by atoms with Gasteiger partial charge in [0.15, 0.2) is 18.2 Å². The van der Waals surface area contributed by atoms with Crippen molar-refractivity contribution in [2.24, 2.45) is 5.10 Å². The van der Waals surface area contributed by atoms with Crippen molar-refractivity contribution in [1.29, 1.82) is 0 Å². The molecule has 3 aromatic carbocycles. The molecule has 0 fully saturated rings. The first-order chi connectivity index (χ1) is 15.6. The van der Waals surface area contributed by atoms with Crippen LogP contribution in [0.1, 0.15) is 21.5 Å². The highest BCUT2D eigenvalue weighted by Crippen LogP contribution is 2.18. The summed E-state index contributed by atoms with van der Waals surface area (Å²) in [4.78, 5) is 23.4. The van der Waals surface area contributed by atoms with Crippen LogP contribution in [0.15, 0.2) is 77.9 Å². The lowest BCUT2D eigenvalue weighted by molar-refractivity contribution is -0.123. The number of ether oxygens (including phenoxy) is 3. The Bertz CT molecular complexity index is 1100. The van der Waals surface area contributed by atoms with Crippen LogP contribution < -0.4 is 14.9 Å². The fourth-order valence-electron chi connectivity index (χ4n) is 2.65. The molecule has 0 unspecified atom stereocenters. The zero-order chi connectivity index (χ0) is 22.8. The lowest BCUT2D eigenvalue weighted by atomic mass is 10.1. The Hall–Kier alpha value is -4.20. The van der Waals surface area contributed by atoms with Gasteiger partial charge in [-0.3, -0.25) is 4.79 Å². The van der Waals surface area contributed by atoms with E-state index in [1.807, 2.05) is 12.1 Å². The largest absolute Gasteiger partial charge is 0.488 e. The van der Waals surface area contributed by atoms with Gasteiger partial charge in [0.05, 0.1) is 18.9 Å². The highest BCUT2D eigenvalue weighted by atomic mass is 19.1. The van der Waals surface area contributed by atoms with Crippen molar-refractivity contribution < 1.29 is 28.2 Å². The summed E-state index contributed by atoms with van der Waals surface area (Å²) in [7, 11) is 1.33. The normalized spacial score (nSPS) is 10.6. The first kappa shape index (κ1) is 22.5. The average molecular weight is 436 g/mol. The van der Waals surface area contributed by atoms with E-state index < -0.39 is 17.7 Å². The van der Waals surface area contributed by atoms with E-state index in [2.05, 4.69) is 15.3 Å². The smallest absolute Gasteiger partial charge is 0.337 e. The molecule has 164 valence electrons. The highest BCUT2D eigenvalue weighted by molar-refractivity contribution is 5.89. The zero-order valence-electron chi connectivity index (χ0n) is 17.3. The molecule has 0 aliphatic heterocycles. The topological polar surface area (TPSA) is 86.2 Å². The third-order valence-corrected chi connectivity index (χ3v) is 4.28. The van der Waals surface area contributed by atoms with E-state index in [1.54, 1.807) is 42.5 Å². The van der Waals surface area contributed by atoms with Crippen LogP contribution in [0.2, 0.25) is 0 Å². The number of esters is 1. The van der Waals surface area contributed by atoms with Crippen molar-refractivity contribution in [3.05, 3.63) is 95.3 Å². The molecule has 0 bridgehead atoms. The number of carbonyl (C=O) groups excluding carboxylic acids is 2. The number of rotatable bonds is 9. The van der Waals surface area contributed by atoms with Crippen molar-refractivity contribution in [2.75, 3.05) is 13.7 Å². The Kier molecular flexibility index (Phi) is 7.91. The highest BCUT2D eigenvalue weighted by Gasteiger charge is 2.07. The molecular weight excluding hydrogens is 415 g/mol. The summed E-state index contributed by atoms with van der Waals surface area (Å²) >= 11 is 0. The van der Waals surface area contributed by atoms with E-state index in [0.29, 0.717) is 16.9 Å². The third kappa shape index (κ3) is 6.40. The second-order valence-corrected chi connectivity index (χ2v) is 6.53. The predicted molar refractivity (Wildman–Crippen MR) is 116 cm³/mol. The molecule has 0 saturated carbocycles. The van der Waals surface area contributed by atoms with Crippen LogP contribution in [0.3, 0.4) is 0 Å². The van der Waals surface area contributed by atoms with E-state index in [4.69, 9.17) is 9.47 Å². The molecule has 1 amide bonds. The molecule has 0 saturated heterocycles. The molecule has 3 rings (SSSR count). The molecule has 0 spiro atoms. The monoisotopic (exact) mass is 436 g/mol. The SMILES string of the molecule is COC(=O)c1ccc(COc2ccccc2/C=N/NC(=O)COc2ccccc2F)cc1. The number of nitrogens with one attached hydrogen (secondary N) is 1. The van der Waals surface area contributed by atoms with Gasteiger partial charge in [-0.05, 0) is 42.0 Å². The second kappa shape index (κ2) is 11.3. The maximum atomic E-state index is 13.5. The second-order valence-electron chi connectivity index (χ2n) is 6.53. The summed E-state index contributed by atoms with van der Waals surface area (Å²) in [6.07, 6.45) is 1.44. The summed E-state index contributed by atoms with van der Waals surface area (Å²) < 4.78 is 29.2. The Labute approximate surface area is 184 Å². The van der Waals surface area contributed by atoms with Crippen molar-refractivity contribution in [3.63, 3.8) is 0 Å². The minimum absolute atomic E-state index is 0.00926. The van der Waals surface area contributed by atoms with E-state index in [1.165, 1.54) is 31.5 Å².